The van der Waals surface area contributed by atoms with Crippen LogP contribution in [0.2, 0.25) is 5.02 Å². The average molecular weight is 343 g/mol. The minimum atomic E-state index is -0.167. The molecule has 3 nitrogen and oxygen atoms in total. The number of benzene rings is 2. The van der Waals surface area contributed by atoms with E-state index in [0.717, 1.165) is 23.1 Å². The molecule has 2 aromatic carbocycles. The zero-order valence-corrected chi connectivity index (χ0v) is 15.1. The molecule has 1 aromatic heterocycles. The van der Waals surface area contributed by atoms with Crippen molar-refractivity contribution in [2.75, 3.05) is 6.61 Å². The molecule has 0 fully saturated rings. The van der Waals surface area contributed by atoms with E-state index in [2.05, 4.69) is 55.2 Å². The first kappa shape index (κ1) is 16.9. The van der Waals surface area contributed by atoms with Crippen molar-refractivity contribution in [1.82, 2.24) is 9.88 Å². The van der Waals surface area contributed by atoms with Crippen molar-refractivity contribution in [1.29, 1.82) is 0 Å². The summed E-state index contributed by atoms with van der Waals surface area (Å²) in [4.78, 5) is 0. The van der Waals surface area contributed by atoms with Gasteiger partial charge in [0.25, 0.3) is 0 Å². The van der Waals surface area contributed by atoms with E-state index in [0.29, 0.717) is 11.6 Å². The van der Waals surface area contributed by atoms with Gasteiger partial charge in [-0.2, -0.15) is 0 Å². The van der Waals surface area contributed by atoms with Crippen LogP contribution in [-0.2, 0) is 13.6 Å². The van der Waals surface area contributed by atoms with Gasteiger partial charge in [0.15, 0.2) is 0 Å². The van der Waals surface area contributed by atoms with Gasteiger partial charge in [-0.05, 0) is 37.4 Å². The second kappa shape index (κ2) is 6.88. The average Bonchev–Trinajstić information content (AvgIpc) is 2.98. The fourth-order valence-electron chi connectivity index (χ4n) is 2.64. The highest BCUT2D eigenvalue weighted by molar-refractivity contribution is 6.37. The fourth-order valence-corrected chi connectivity index (χ4v) is 2.93. The Morgan fingerprint density at radius 3 is 2.62 bits per heavy atom. The first-order chi connectivity index (χ1) is 11.5. The summed E-state index contributed by atoms with van der Waals surface area (Å²) in [5, 5.41) is 6.35. The standard InChI is InChI=1S/C20H23ClN2O/c1-20(2,22-13-16-8-6-12-23(16)3)14-24-18-11-10-15-7-4-5-9-17(15)19(18)21/h4-12,22H,13-14H2,1-3H3. The molecule has 0 bridgehead atoms. The van der Waals surface area contributed by atoms with Crippen LogP contribution in [0.3, 0.4) is 0 Å². The molecule has 0 aliphatic heterocycles. The molecule has 3 rings (SSSR count). The molecule has 0 aliphatic carbocycles. The predicted octanol–water partition coefficient (Wildman–Crippen LogP) is 4.78. The van der Waals surface area contributed by atoms with Gasteiger partial charge in [-0.25, -0.2) is 0 Å². The van der Waals surface area contributed by atoms with E-state index in [4.69, 9.17) is 16.3 Å². The van der Waals surface area contributed by atoms with Gasteiger partial charge in [-0.15, -0.1) is 0 Å². The van der Waals surface area contributed by atoms with E-state index in [1.54, 1.807) is 0 Å². The monoisotopic (exact) mass is 342 g/mol. The lowest BCUT2D eigenvalue weighted by molar-refractivity contribution is 0.206. The minimum absolute atomic E-state index is 0.167. The van der Waals surface area contributed by atoms with Gasteiger partial charge in [-0.1, -0.05) is 41.9 Å². The maximum atomic E-state index is 6.50. The van der Waals surface area contributed by atoms with Gasteiger partial charge < -0.3 is 14.6 Å². The van der Waals surface area contributed by atoms with Crippen LogP contribution in [0, 0.1) is 0 Å². The minimum Gasteiger partial charge on any atom is -0.490 e. The van der Waals surface area contributed by atoms with Crippen LogP contribution in [0.5, 0.6) is 5.75 Å². The second-order valence-electron chi connectivity index (χ2n) is 6.74. The largest absolute Gasteiger partial charge is 0.490 e. The van der Waals surface area contributed by atoms with E-state index in [1.165, 1.54) is 5.69 Å². The maximum absolute atomic E-state index is 6.50. The molecule has 1 N–H and O–H groups in total. The number of aryl methyl sites for hydroxylation is 1. The summed E-state index contributed by atoms with van der Waals surface area (Å²) < 4.78 is 8.12. The van der Waals surface area contributed by atoms with E-state index in [-0.39, 0.29) is 5.54 Å². The summed E-state index contributed by atoms with van der Waals surface area (Å²) in [5.74, 6) is 0.726. The Morgan fingerprint density at radius 2 is 1.88 bits per heavy atom. The van der Waals surface area contributed by atoms with Gasteiger partial charge >= 0.3 is 0 Å². The molecule has 0 radical (unpaired) electrons. The van der Waals surface area contributed by atoms with Crippen LogP contribution in [0.25, 0.3) is 10.8 Å². The predicted molar refractivity (Wildman–Crippen MR) is 101 cm³/mol. The molecule has 0 saturated carbocycles. The lowest BCUT2D eigenvalue weighted by atomic mass is 10.1. The Bertz CT molecular complexity index is 839. The lowest BCUT2D eigenvalue weighted by Crippen LogP contribution is -2.44. The smallest absolute Gasteiger partial charge is 0.138 e. The zero-order valence-electron chi connectivity index (χ0n) is 14.3. The van der Waals surface area contributed by atoms with E-state index < -0.39 is 0 Å². The van der Waals surface area contributed by atoms with Crippen molar-refractivity contribution >= 4 is 22.4 Å². The number of rotatable bonds is 6. The summed E-state index contributed by atoms with van der Waals surface area (Å²) in [7, 11) is 2.05. The Balaban J connectivity index is 1.66. The maximum Gasteiger partial charge on any atom is 0.138 e. The number of hydrogen-bond acceptors (Lipinski definition) is 2. The lowest BCUT2D eigenvalue weighted by Gasteiger charge is -2.27. The summed E-state index contributed by atoms with van der Waals surface area (Å²) in [5.41, 5.74) is 1.08. The Hall–Kier alpha value is -1.97. The fraction of sp³-hybridized carbons (Fsp3) is 0.300. The molecule has 0 spiro atoms. The van der Waals surface area contributed by atoms with Crippen LogP contribution >= 0.6 is 11.6 Å². The molecule has 1 heterocycles. The van der Waals surface area contributed by atoms with Gasteiger partial charge in [-0.3, -0.25) is 0 Å². The van der Waals surface area contributed by atoms with Crippen molar-refractivity contribution in [3.63, 3.8) is 0 Å². The molecule has 3 aromatic rings. The van der Waals surface area contributed by atoms with E-state index in [1.807, 2.05) is 30.3 Å². The molecule has 126 valence electrons. The van der Waals surface area contributed by atoms with Gasteiger partial charge in [0.2, 0.25) is 0 Å². The Labute approximate surface area is 148 Å². The SMILES string of the molecule is Cn1cccc1CNC(C)(C)COc1ccc2ccccc2c1Cl. The summed E-state index contributed by atoms with van der Waals surface area (Å²) in [6.45, 7) is 5.59. The van der Waals surface area contributed by atoms with Crippen LogP contribution < -0.4 is 10.1 Å². The summed E-state index contributed by atoms with van der Waals surface area (Å²) in [6.07, 6.45) is 2.05. The topological polar surface area (TPSA) is 26.2 Å². The number of hydrogen-bond donors (Lipinski definition) is 1. The van der Waals surface area contributed by atoms with Crippen molar-refractivity contribution < 1.29 is 4.74 Å². The number of fused-ring (bicyclic) bond motifs is 1. The summed E-state index contributed by atoms with van der Waals surface area (Å²) in [6, 6.07) is 16.2. The van der Waals surface area contributed by atoms with Crippen LogP contribution in [0.15, 0.2) is 54.7 Å². The third-order valence-corrected chi connectivity index (χ3v) is 4.61. The van der Waals surface area contributed by atoms with Gasteiger partial charge in [0.1, 0.15) is 12.4 Å². The first-order valence-corrected chi connectivity index (χ1v) is 8.49. The summed E-state index contributed by atoms with van der Waals surface area (Å²) >= 11 is 6.50. The third-order valence-electron chi connectivity index (χ3n) is 4.22. The molecular weight excluding hydrogens is 320 g/mol. The molecule has 0 saturated heterocycles. The van der Waals surface area contributed by atoms with E-state index in [9.17, 15) is 0 Å². The van der Waals surface area contributed by atoms with Crippen molar-refractivity contribution in [3.8, 4) is 5.75 Å². The Kier molecular flexibility index (Phi) is 4.83. The van der Waals surface area contributed by atoms with Crippen molar-refractivity contribution in [2.45, 2.75) is 25.9 Å². The highest BCUT2D eigenvalue weighted by Gasteiger charge is 2.19. The van der Waals surface area contributed by atoms with Gasteiger partial charge in [0, 0.05) is 36.4 Å². The molecule has 4 heteroatoms. The number of halogens is 1. The third kappa shape index (κ3) is 3.74. The van der Waals surface area contributed by atoms with E-state index >= 15 is 0 Å². The van der Waals surface area contributed by atoms with Crippen molar-refractivity contribution in [2.24, 2.45) is 7.05 Å². The zero-order chi connectivity index (χ0) is 17.2. The van der Waals surface area contributed by atoms with Gasteiger partial charge in [0.05, 0.1) is 5.02 Å². The molecule has 0 aliphatic rings. The molecule has 0 unspecified atom stereocenters. The first-order valence-electron chi connectivity index (χ1n) is 8.11. The number of ether oxygens (including phenoxy) is 1. The molecule has 24 heavy (non-hydrogen) atoms. The van der Waals surface area contributed by atoms with Crippen LogP contribution in [0.4, 0.5) is 0 Å². The van der Waals surface area contributed by atoms with Crippen LogP contribution in [0.1, 0.15) is 19.5 Å². The quantitative estimate of drug-likeness (QED) is 0.697. The number of nitrogens with zero attached hydrogens (tertiary/aromatic N) is 1. The molecule has 0 atom stereocenters. The molecular formula is C20H23ClN2O. The van der Waals surface area contributed by atoms with Crippen LogP contribution in [-0.4, -0.2) is 16.7 Å². The Morgan fingerprint density at radius 1 is 1.08 bits per heavy atom. The number of aromatic nitrogens is 1. The highest BCUT2D eigenvalue weighted by atomic mass is 35.5. The van der Waals surface area contributed by atoms with Crippen molar-refractivity contribution in [3.05, 3.63) is 65.4 Å². The second-order valence-corrected chi connectivity index (χ2v) is 7.11. The number of nitrogens with one attached hydrogen (secondary N) is 1. The molecule has 0 amide bonds. The highest BCUT2D eigenvalue weighted by Crippen LogP contribution is 2.33. The normalized spacial score (nSPS) is 11.8.